The number of hydrogen-bond acceptors (Lipinski definition) is 2. The van der Waals surface area contributed by atoms with Gasteiger partial charge >= 0.3 is 0 Å². The molecule has 1 aliphatic heterocycles. The van der Waals surface area contributed by atoms with Gasteiger partial charge in [0.2, 0.25) is 0 Å². The van der Waals surface area contributed by atoms with Crippen molar-refractivity contribution in [3.63, 3.8) is 0 Å². The van der Waals surface area contributed by atoms with Crippen LogP contribution in [0.3, 0.4) is 0 Å². The van der Waals surface area contributed by atoms with Crippen molar-refractivity contribution in [3.8, 4) is 0 Å². The fourth-order valence-electron chi connectivity index (χ4n) is 2.99. The molecule has 0 saturated heterocycles. The first-order valence-corrected chi connectivity index (χ1v) is 6.81. The van der Waals surface area contributed by atoms with E-state index in [-0.39, 0.29) is 0 Å². The summed E-state index contributed by atoms with van der Waals surface area (Å²) in [6.45, 7) is 6.95. The fraction of sp³-hybridized carbons (Fsp3) is 0.600. The quantitative estimate of drug-likeness (QED) is 0.783. The molecule has 1 heterocycles. The van der Waals surface area contributed by atoms with E-state index < -0.39 is 0 Å². The lowest BCUT2D eigenvalue weighted by molar-refractivity contribution is 0.240. The summed E-state index contributed by atoms with van der Waals surface area (Å²) < 4.78 is 0. The van der Waals surface area contributed by atoms with Crippen LogP contribution in [0.2, 0.25) is 0 Å². The summed E-state index contributed by atoms with van der Waals surface area (Å²) >= 11 is 0. The smallest absolute Gasteiger partial charge is 0.102 e. The number of benzene rings is 1. The van der Waals surface area contributed by atoms with E-state index in [9.17, 15) is 0 Å². The zero-order valence-electron chi connectivity index (χ0n) is 11.2. The monoisotopic (exact) mass is 232 g/mol. The van der Waals surface area contributed by atoms with Gasteiger partial charge in [0, 0.05) is 5.41 Å². The summed E-state index contributed by atoms with van der Waals surface area (Å²) in [4.78, 5) is 0. The highest BCUT2D eigenvalue weighted by Crippen LogP contribution is 2.40. The molecule has 0 bridgehead atoms. The van der Waals surface area contributed by atoms with Gasteiger partial charge in [0.15, 0.2) is 0 Å². The van der Waals surface area contributed by atoms with Crippen molar-refractivity contribution < 1.29 is 0 Å². The maximum atomic E-state index is 3.63. The van der Waals surface area contributed by atoms with Gasteiger partial charge in [-0.2, -0.15) is 0 Å². The van der Waals surface area contributed by atoms with Crippen LogP contribution in [0.15, 0.2) is 24.3 Å². The van der Waals surface area contributed by atoms with Crippen LogP contribution in [0.5, 0.6) is 0 Å². The molecule has 1 aromatic carbocycles. The molecule has 2 nitrogen and oxygen atoms in total. The number of anilines is 2. The summed E-state index contributed by atoms with van der Waals surface area (Å²) in [5.41, 5.74) is 2.83. The van der Waals surface area contributed by atoms with E-state index in [1.165, 1.54) is 37.1 Å². The van der Waals surface area contributed by atoms with Gasteiger partial charge in [0.1, 0.15) is 6.17 Å². The molecule has 0 saturated carbocycles. The molecule has 1 aromatic rings. The summed E-state index contributed by atoms with van der Waals surface area (Å²) in [6, 6.07) is 8.49. The highest BCUT2D eigenvalue weighted by Gasteiger charge is 2.36. The molecule has 17 heavy (non-hydrogen) atoms. The number of nitrogens with one attached hydrogen (secondary N) is 2. The average Bonchev–Trinajstić information content (AvgIpc) is 2.74. The van der Waals surface area contributed by atoms with Crippen molar-refractivity contribution in [1.29, 1.82) is 0 Å². The van der Waals surface area contributed by atoms with Crippen molar-refractivity contribution in [2.24, 2.45) is 5.41 Å². The molecule has 0 unspecified atom stereocenters. The van der Waals surface area contributed by atoms with Crippen LogP contribution < -0.4 is 10.6 Å². The van der Waals surface area contributed by atoms with Crippen molar-refractivity contribution >= 4 is 11.4 Å². The van der Waals surface area contributed by atoms with E-state index in [4.69, 9.17) is 0 Å². The Balaban J connectivity index is 2.14. The van der Waals surface area contributed by atoms with Gasteiger partial charge < -0.3 is 10.6 Å². The van der Waals surface area contributed by atoms with Crippen LogP contribution in [0.4, 0.5) is 11.4 Å². The molecule has 0 amide bonds. The van der Waals surface area contributed by atoms with Gasteiger partial charge in [-0.15, -0.1) is 0 Å². The van der Waals surface area contributed by atoms with Crippen LogP contribution in [0.1, 0.15) is 46.5 Å². The third kappa shape index (κ3) is 2.41. The van der Waals surface area contributed by atoms with Crippen molar-refractivity contribution in [2.45, 2.75) is 52.6 Å². The van der Waals surface area contributed by atoms with Crippen molar-refractivity contribution in [2.75, 3.05) is 10.6 Å². The van der Waals surface area contributed by atoms with Crippen molar-refractivity contribution in [1.82, 2.24) is 0 Å². The topological polar surface area (TPSA) is 24.1 Å². The Labute approximate surface area is 105 Å². The predicted molar refractivity (Wildman–Crippen MR) is 75.4 cm³/mol. The van der Waals surface area contributed by atoms with E-state index in [1.54, 1.807) is 0 Å². The van der Waals surface area contributed by atoms with Crippen LogP contribution in [-0.4, -0.2) is 6.17 Å². The van der Waals surface area contributed by atoms with E-state index in [0.717, 1.165) is 0 Å². The standard InChI is InChI=1S/C15H24N2/c1-4-10-15(3,11-5-2)14-16-12-8-6-7-9-13(12)17-14/h6-9,14,16-17H,4-5,10-11H2,1-3H3. The number of rotatable bonds is 5. The second-order valence-corrected chi connectivity index (χ2v) is 5.42. The molecule has 0 fully saturated rings. The zero-order chi connectivity index (χ0) is 12.3. The maximum absolute atomic E-state index is 3.63. The molecular formula is C15H24N2. The largest absolute Gasteiger partial charge is 0.363 e. The van der Waals surface area contributed by atoms with Gasteiger partial charge in [-0.1, -0.05) is 45.7 Å². The minimum absolute atomic E-state index is 0.336. The molecule has 2 N–H and O–H groups in total. The highest BCUT2D eigenvalue weighted by atomic mass is 15.2. The minimum atomic E-state index is 0.336. The Bertz CT molecular complexity index is 342. The van der Waals surface area contributed by atoms with E-state index >= 15 is 0 Å². The van der Waals surface area contributed by atoms with Crippen LogP contribution >= 0.6 is 0 Å². The SMILES string of the molecule is CCCC(C)(CCC)C1Nc2ccccc2N1. The van der Waals surface area contributed by atoms with Gasteiger partial charge in [0.25, 0.3) is 0 Å². The Morgan fingerprint density at radius 1 is 1.00 bits per heavy atom. The maximum Gasteiger partial charge on any atom is 0.102 e. The second-order valence-electron chi connectivity index (χ2n) is 5.42. The van der Waals surface area contributed by atoms with Gasteiger partial charge in [0.05, 0.1) is 11.4 Å². The molecule has 2 rings (SSSR count). The Kier molecular flexibility index (Phi) is 3.60. The van der Waals surface area contributed by atoms with Crippen LogP contribution in [0, 0.1) is 5.41 Å². The van der Waals surface area contributed by atoms with E-state index in [2.05, 4.69) is 55.7 Å². The Hall–Kier alpha value is -1.18. The molecule has 2 heteroatoms. The lowest BCUT2D eigenvalue weighted by Gasteiger charge is -2.36. The molecule has 94 valence electrons. The third-order valence-corrected chi connectivity index (χ3v) is 3.87. The number of para-hydroxylation sites is 2. The summed E-state index contributed by atoms with van der Waals surface area (Å²) in [7, 11) is 0. The molecule has 0 spiro atoms. The zero-order valence-corrected chi connectivity index (χ0v) is 11.2. The van der Waals surface area contributed by atoms with E-state index in [0.29, 0.717) is 11.6 Å². The molecular weight excluding hydrogens is 208 g/mol. The third-order valence-electron chi connectivity index (χ3n) is 3.87. The normalized spacial score (nSPS) is 15.2. The highest BCUT2D eigenvalue weighted by molar-refractivity contribution is 5.74. The molecule has 0 aromatic heterocycles. The lowest BCUT2D eigenvalue weighted by atomic mass is 9.78. The predicted octanol–water partition coefficient (Wildman–Crippen LogP) is 4.46. The first kappa shape index (κ1) is 12.3. The first-order valence-electron chi connectivity index (χ1n) is 6.81. The van der Waals surface area contributed by atoms with Crippen LogP contribution in [0.25, 0.3) is 0 Å². The molecule has 0 aliphatic carbocycles. The minimum Gasteiger partial charge on any atom is -0.363 e. The Morgan fingerprint density at radius 3 is 1.88 bits per heavy atom. The second kappa shape index (κ2) is 4.99. The summed E-state index contributed by atoms with van der Waals surface area (Å²) in [5.74, 6) is 0. The fourth-order valence-corrected chi connectivity index (χ4v) is 2.99. The lowest BCUT2D eigenvalue weighted by Crippen LogP contribution is -2.41. The van der Waals surface area contributed by atoms with Gasteiger partial charge in [-0.25, -0.2) is 0 Å². The average molecular weight is 232 g/mol. The Morgan fingerprint density at radius 2 is 1.47 bits per heavy atom. The summed E-state index contributed by atoms with van der Waals surface area (Å²) in [6.07, 6.45) is 5.39. The molecule has 0 atom stereocenters. The van der Waals surface area contributed by atoms with Crippen molar-refractivity contribution in [3.05, 3.63) is 24.3 Å². The van der Waals surface area contributed by atoms with Gasteiger partial charge in [-0.3, -0.25) is 0 Å². The molecule has 1 aliphatic rings. The number of fused-ring (bicyclic) bond motifs is 1. The summed E-state index contributed by atoms with van der Waals surface area (Å²) in [5, 5.41) is 7.27. The number of hydrogen-bond donors (Lipinski definition) is 2. The first-order chi connectivity index (χ1) is 8.19. The molecule has 0 radical (unpaired) electrons. The van der Waals surface area contributed by atoms with E-state index in [1.807, 2.05) is 0 Å². The van der Waals surface area contributed by atoms with Gasteiger partial charge in [-0.05, 0) is 25.0 Å². The van der Waals surface area contributed by atoms with Crippen LogP contribution in [-0.2, 0) is 0 Å².